The number of hydrogen-bond acceptors (Lipinski definition) is 2. The maximum absolute atomic E-state index is 13.5. The Bertz CT molecular complexity index is 1390. The zero-order chi connectivity index (χ0) is 24.5. The second-order valence-corrected chi connectivity index (χ2v) is 9.49. The molecule has 1 aliphatic rings. The third kappa shape index (κ3) is 4.23. The summed E-state index contributed by atoms with van der Waals surface area (Å²) in [7, 11) is 2.05. The minimum Gasteiger partial charge on any atom is -0.352 e. The molecule has 0 unspecified atom stereocenters. The summed E-state index contributed by atoms with van der Waals surface area (Å²) in [6, 6.07) is 26.0. The van der Waals surface area contributed by atoms with E-state index >= 15 is 0 Å². The first-order valence-electron chi connectivity index (χ1n) is 12.2. The maximum Gasteiger partial charge on any atom is 0.255 e. The van der Waals surface area contributed by atoms with Gasteiger partial charge in [0.2, 0.25) is 5.91 Å². The van der Waals surface area contributed by atoms with Crippen LogP contribution in [0.3, 0.4) is 0 Å². The fraction of sp³-hybridized carbons (Fsp3) is 0.267. The number of nitrogens with zero attached hydrogens (tertiary/aromatic N) is 2. The van der Waals surface area contributed by atoms with Gasteiger partial charge in [-0.25, -0.2) is 0 Å². The summed E-state index contributed by atoms with van der Waals surface area (Å²) >= 11 is 0. The summed E-state index contributed by atoms with van der Waals surface area (Å²) in [5, 5.41) is 4.23. The first-order chi connectivity index (χ1) is 17.0. The van der Waals surface area contributed by atoms with Gasteiger partial charge in [-0.1, -0.05) is 66.7 Å². The predicted octanol–water partition coefficient (Wildman–Crippen LogP) is 5.17. The van der Waals surface area contributed by atoms with Crippen molar-refractivity contribution in [3.05, 3.63) is 107 Å². The molecule has 0 saturated heterocycles. The van der Waals surface area contributed by atoms with Gasteiger partial charge in [-0.05, 0) is 49.9 Å². The highest BCUT2D eigenvalue weighted by molar-refractivity contribution is 6.02. The fourth-order valence-electron chi connectivity index (χ4n) is 5.31. The van der Waals surface area contributed by atoms with Gasteiger partial charge >= 0.3 is 0 Å². The Kier molecular flexibility index (Phi) is 6.16. The smallest absolute Gasteiger partial charge is 0.255 e. The molecular weight excluding hydrogens is 434 g/mol. The molecule has 0 radical (unpaired) electrons. The van der Waals surface area contributed by atoms with Gasteiger partial charge in [0.25, 0.3) is 5.91 Å². The molecule has 1 aliphatic heterocycles. The Morgan fingerprint density at radius 2 is 1.66 bits per heavy atom. The van der Waals surface area contributed by atoms with Crippen molar-refractivity contribution in [1.82, 2.24) is 14.8 Å². The van der Waals surface area contributed by atoms with Crippen LogP contribution in [0.15, 0.2) is 78.9 Å². The molecule has 5 nitrogen and oxygen atoms in total. The average molecular weight is 466 g/mol. The van der Waals surface area contributed by atoms with Crippen LogP contribution in [0, 0.1) is 6.92 Å². The lowest BCUT2D eigenvalue weighted by Gasteiger charge is -2.26. The van der Waals surface area contributed by atoms with Crippen LogP contribution in [0.25, 0.3) is 10.9 Å². The van der Waals surface area contributed by atoms with Gasteiger partial charge in [-0.15, -0.1) is 0 Å². The van der Waals surface area contributed by atoms with Crippen molar-refractivity contribution < 1.29 is 9.59 Å². The molecule has 5 rings (SSSR count). The van der Waals surface area contributed by atoms with Crippen molar-refractivity contribution in [3.63, 3.8) is 0 Å². The molecule has 0 saturated carbocycles. The minimum absolute atomic E-state index is 0.0144. The van der Waals surface area contributed by atoms with Gasteiger partial charge in [0.05, 0.1) is 6.04 Å². The summed E-state index contributed by atoms with van der Waals surface area (Å²) in [4.78, 5) is 28.4. The van der Waals surface area contributed by atoms with E-state index in [4.69, 9.17) is 0 Å². The Morgan fingerprint density at radius 3 is 2.46 bits per heavy atom. The minimum atomic E-state index is -0.296. The molecule has 0 bridgehead atoms. The number of carbonyl (C=O) groups is 2. The number of aryl methyl sites for hydroxylation is 2. The normalized spacial score (nSPS) is 15.9. The van der Waals surface area contributed by atoms with Gasteiger partial charge in [0, 0.05) is 40.8 Å². The topological polar surface area (TPSA) is 54.3 Å². The molecule has 2 atom stereocenters. The van der Waals surface area contributed by atoms with Crippen molar-refractivity contribution in [2.75, 3.05) is 6.54 Å². The standard InChI is InChI=1S/C30H31N3O2/c1-20(17-18-22-11-5-4-6-12-22)31-27(34)19-33-29(23-13-7-8-14-24(23)30(33)35)28-21(2)32(3)26-16-10-9-15-25(26)28/h4-16,20,29H,17-19H2,1-3H3,(H,31,34)/t20-,29+/m0/s1. The zero-order valence-electron chi connectivity index (χ0n) is 20.5. The summed E-state index contributed by atoms with van der Waals surface area (Å²) in [6.07, 6.45) is 1.74. The third-order valence-electron chi connectivity index (χ3n) is 7.21. The molecular formula is C30H31N3O2. The monoisotopic (exact) mass is 465 g/mol. The average Bonchev–Trinajstić information content (AvgIpc) is 3.28. The first-order valence-corrected chi connectivity index (χ1v) is 12.2. The van der Waals surface area contributed by atoms with Crippen molar-refractivity contribution in [2.45, 2.75) is 38.8 Å². The molecule has 0 fully saturated rings. The number of carbonyl (C=O) groups excluding carboxylic acids is 2. The number of amides is 2. The molecule has 2 amide bonds. The zero-order valence-corrected chi connectivity index (χ0v) is 20.5. The van der Waals surface area contributed by atoms with E-state index in [1.165, 1.54) is 5.56 Å². The van der Waals surface area contributed by atoms with Crippen LogP contribution in [0.1, 0.15) is 52.1 Å². The van der Waals surface area contributed by atoms with Crippen molar-refractivity contribution >= 4 is 22.7 Å². The lowest BCUT2D eigenvalue weighted by molar-refractivity contribution is -0.122. The van der Waals surface area contributed by atoms with Crippen LogP contribution in [-0.2, 0) is 18.3 Å². The van der Waals surface area contributed by atoms with Crippen LogP contribution in [-0.4, -0.2) is 33.9 Å². The van der Waals surface area contributed by atoms with E-state index in [2.05, 4.69) is 48.1 Å². The lowest BCUT2D eigenvalue weighted by atomic mass is 9.95. The first kappa shape index (κ1) is 22.9. The maximum atomic E-state index is 13.5. The highest BCUT2D eigenvalue weighted by Crippen LogP contribution is 2.43. The molecule has 4 aromatic rings. The van der Waals surface area contributed by atoms with E-state index in [0.717, 1.165) is 40.6 Å². The molecule has 2 heterocycles. The number of nitrogens with one attached hydrogen (secondary N) is 1. The molecule has 1 aromatic heterocycles. The van der Waals surface area contributed by atoms with Crippen molar-refractivity contribution in [1.29, 1.82) is 0 Å². The fourth-order valence-corrected chi connectivity index (χ4v) is 5.31. The SMILES string of the molecule is Cc1c([C@H]2c3ccccc3C(=O)N2CC(=O)N[C@@H](C)CCc2ccccc2)c2ccccc2n1C. The molecule has 1 N–H and O–H groups in total. The van der Waals surface area contributed by atoms with Crippen LogP contribution >= 0.6 is 0 Å². The largest absolute Gasteiger partial charge is 0.352 e. The van der Waals surface area contributed by atoms with E-state index in [-0.39, 0.29) is 30.4 Å². The van der Waals surface area contributed by atoms with E-state index < -0.39 is 0 Å². The molecule has 3 aromatic carbocycles. The predicted molar refractivity (Wildman–Crippen MR) is 139 cm³/mol. The summed E-state index contributed by atoms with van der Waals surface area (Å²) in [5.74, 6) is -0.223. The van der Waals surface area contributed by atoms with Crippen molar-refractivity contribution in [2.24, 2.45) is 7.05 Å². The number of aromatic nitrogens is 1. The summed E-state index contributed by atoms with van der Waals surface area (Å²) in [6.45, 7) is 4.13. The lowest BCUT2D eigenvalue weighted by Crippen LogP contribution is -2.42. The van der Waals surface area contributed by atoms with Gasteiger partial charge in [-0.2, -0.15) is 0 Å². The van der Waals surface area contributed by atoms with Crippen LogP contribution in [0.4, 0.5) is 0 Å². The van der Waals surface area contributed by atoms with Crippen molar-refractivity contribution in [3.8, 4) is 0 Å². The van der Waals surface area contributed by atoms with Gasteiger partial charge in [0.15, 0.2) is 0 Å². The number of fused-ring (bicyclic) bond motifs is 2. The highest BCUT2D eigenvalue weighted by Gasteiger charge is 2.40. The Balaban J connectivity index is 1.41. The Morgan fingerprint density at radius 1 is 0.971 bits per heavy atom. The molecule has 178 valence electrons. The van der Waals surface area contributed by atoms with E-state index in [1.54, 1.807) is 4.90 Å². The van der Waals surface area contributed by atoms with Gasteiger partial charge < -0.3 is 14.8 Å². The van der Waals surface area contributed by atoms with Gasteiger partial charge in [0.1, 0.15) is 6.54 Å². The molecule has 35 heavy (non-hydrogen) atoms. The molecule has 5 heteroatoms. The number of benzene rings is 3. The molecule has 0 spiro atoms. The third-order valence-corrected chi connectivity index (χ3v) is 7.21. The quantitative estimate of drug-likeness (QED) is 0.409. The Hall–Kier alpha value is -3.86. The van der Waals surface area contributed by atoms with Crippen LogP contribution in [0.2, 0.25) is 0 Å². The van der Waals surface area contributed by atoms with Gasteiger partial charge in [-0.3, -0.25) is 9.59 Å². The van der Waals surface area contributed by atoms with Crippen LogP contribution < -0.4 is 5.32 Å². The van der Waals surface area contributed by atoms with Crippen LogP contribution in [0.5, 0.6) is 0 Å². The summed E-state index contributed by atoms with van der Waals surface area (Å²) in [5.41, 5.74) is 6.20. The van der Waals surface area contributed by atoms with E-state index in [0.29, 0.717) is 5.56 Å². The number of para-hydroxylation sites is 1. The highest BCUT2D eigenvalue weighted by atomic mass is 16.2. The second-order valence-electron chi connectivity index (χ2n) is 9.49. The second kappa shape index (κ2) is 9.41. The number of rotatable bonds is 7. The van der Waals surface area contributed by atoms with E-state index in [1.807, 2.05) is 61.5 Å². The Labute approximate surface area is 206 Å². The summed E-state index contributed by atoms with van der Waals surface area (Å²) < 4.78 is 2.17. The van der Waals surface area contributed by atoms with E-state index in [9.17, 15) is 9.59 Å². The number of hydrogen-bond donors (Lipinski definition) is 1. The molecule has 0 aliphatic carbocycles.